The number of hydrogen-bond acceptors (Lipinski definition) is 7. The number of allylic oxidation sites excluding steroid dienone is 2. The molecule has 34 heavy (non-hydrogen) atoms. The van der Waals surface area contributed by atoms with Gasteiger partial charge in [-0.3, -0.25) is 9.59 Å². The van der Waals surface area contributed by atoms with Gasteiger partial charge >= 0.3 is 11.9 Å². The maximum atomic E-state index is 12.5. The number of carboxylic acid groups (broad SMARTS) is 1. The molecule has 188 valence electrons. The molecule has 1 aliphatic rings. The van der Waals surface area contributed by atoms with Crippen molar-refractivity contribution in [1.29, 1.82) is 0 Å². The van der Waals surface area contributed by atoms with Gasteiger partial charge < -0.3 is 25.2 Å². The van der Waals surface area contributed by atoms with E-state index in [1.165, 1.54) is 11.3 Å². The highest BCUT2D eigenvalue weighted by molar-refractivity contribution is 7.10. The van der Waals surface area contributed by atoms with Gasteiger partial charge in [-0.1, -0.05) is 37.3 Å². The van der Waals surface area contributed by atoms with Gasteiger partial charge in [-0.25, -0.2) is 0 Å². The summed E-state index contributed by atoms with van der Waals surface area (Å²) in [4.78, 5) is 24.7. The van der Waals surface area contributed by atoms with E-state index in [-0.39, 0.29) is 31.6 Å². The number of carbonyl (C=O) groups excluding carboxylic acids is 1. The molecule has 0 saturated heterocycles. The normalized spacial score (nSPS) is 32.3. The number of thiophene rings is 1. The minimum Gasteiger partial charge on any atom is -0.481 e. The Morgan fingerprint density at radius 3 is 2.71 bits per heavy atom. The molecule has 0 aromatic carbocycles. The van der Waals surface area contributed by atoms with Gasteiger partial charge in [0.2, 0.25) is 0 Å². The van der Waals surface area contributed by atoms with Gasteiger partial charge in [-0.15, -0.1) is 11.3 Å². The fourth-order valence-corrected chi connectivity index (χ4v) is 4.74. The molecule has 1 aliphatic heterocycles. The highest BCUT2D eigenvalue weighted by Gasteiger charge is 2.34. The summed E-state index contributed by atoms with van der Waals surface area (Å²) < 4.78 is 5.70. The van der Waals surface area contributed by atoms with E-state index >= 15 is 0 Å². The highest BCUT2D eigenvalue weighted by atomic mass is 32.1. The first-order chi connectivity index (χ1) is 15.8. The van der Waals surface area contributed by atoms with Crippen LogP contribution >= 0.6 is 11.3 Å². The van der Waals surface area contributed by atoms with Crippen LogP contribution in [0.3, 0.4) is 0 Å². The second-order valence-electron chi connectivity index (χ2n) is 9.51. The predicted molar refractivity (Wildman–Crippen MR) is 131 cm³/mol. The lowest BCUT2D eigenvalue weighted by Crippen LogP contribution is -2.37. The van der Waals surface area contributed by atoms with Crippen molar-refractivity contribution in [3.63, 3.8) is 0 Å². The Kier molecular flexibility index (Phi) is 9.82. The molecule has 0 amide bonds. The van der Waals surface area contributed by atoms with E-state index in [9.17, 15) is 30.0 Å². The lowest BCUT2D eigenvalue weighted by Gasteiger charge is -2.32. The molecule has 1 unspecified atom stereocenters. The van der Waals surface area contributed by atoms with E-state index in [0.717, 1.165) is 10.5 Å². The summed E-state index contributed by atoms with van der Waals surface area (Å²) in [6.07, 6.45) is 6.70. The van der Waals surface area contributed by atoms with Gasteiger partial charge in [0.05, 0.1) is 24.5 Å². The summed E-state index contributed by atoms with van der Waals surface area (Å²) in [7, 11) is 0. The third-order valence-corrected chi connectivity index (χ3v) is 7.31. The first-order valence-corrected chi connectivity index (χ1v) is 12.3. The van der Waals surface area contributed by atoms with Gasteiger partial charge in [-0.2, -0.15) is 0 Å². The fraction of sp³-hybridized carbons (Fsp3) is 0.538. The monoisotopic (exact) mass is 492 g/mol. The smallest absolute Gasteiger partial charge is 0.309 e. The highest BCUT2D eigenvalue weighted by Crippen LogP contribution is 2.31. The molecule has 7 nitrogen and oxygen atoms in total. The first kappa shape index (κ1) is 28.0. The zero-order valence-electron chi connectivity index (χ0n) is 20.2. The number of carbonyl (C=O) groups is 2. The average Bonchev–Trinajstić information content (AvgIpc) is 3.28. The van der Waals surface area contributed by atoms with Gasteiger partial charge in [0, 0.05) is 16.7 Å². The van der Waals surface area contributed by atoms with Crippen molar-refractivity contribution in [3.05, 3.63) is 58.3 Å². The largest absolute Gasteiger partial charge is 0.481 e. The number of ether oxygens (including phenoxy) is 1. The van der Waals surface area contributed by atoms with E-state index in [4.69, 9.17) is 4.74 Å². The number of rotatable bonds is 6. The van der Waals surface area contributed by atoms with Crippen LogP contribution in [0.15, 0.2) is 53.5 Å². The number of esters is 1. The zero-order chi connectivity index (χ0) is 25.5. The van der Waals surface area contributed by atoms with E-state index < -0.39 is 41.3 Å². The number of aliphatic carboxylic acids is 1. The van der Waals surface area contributed by atoms with E-state index in [2.05, 4.69) is 0 Å². The Morgan fingerprint density at radius 1 is 1.38 bits per heavy atom. The van der Waals surface area contributed by atoms with Crippen molar-refractivity contribution in [3.8, 4) is 0 Å². The average molecular weight is 493 g/mol. The molecule has 1 aromatic heterocycles. The Balaban J connectivity index is 2.32. The molecule has 0 saturated carbocycles. The predicted octanol–water partition coefficient (Wildman–Crippen LogP) is 3.95. The quantitative estimate of drug-likeness (QED) is 0.269. The van der Waals surface area contributed by atoms with Crippen LogP contribution in [0.4, 0.5) is 0 Å². The Labute approximate surface area is 205 Å². The molecule has 2 heterocycles. The van der Waals surface area contributed by atoms with Gasteiger partial charge in [0.25, 0.3) is 0 Å². The van der Waals surface area contributed by atoms with Crippen molar-refractivity contribution in [2.45, 2.75) is 76.8 Å². The van der Waals surface area contributed by atoms with Crippen LogP contribution in [0.1, 0.15) is 58.3 Å². The summed E-state index contributed by atoms with van der Waals surface area (Å²) >= 11 is 1.45. The molecule has 0 bridgehead atoms. The lowest BCUT2D eigenvalue weighted by atomic mass is 9.80. The zero-order valence-corrected chi connectivity index (χ0v) is 21.0. The number of aliphatic hydroxyl groups is 3. The molecule has 1 aromatic rings. The van der Waals surface area contributed by atoms with Crippen molar-refractivity contribution >= 4 is 23.3 Å². The van der Waals surface area contributed by atoms with Crippen LogP contribution in [0, 0.1) is 11.8 Å². The minimum atomic E-state index is -1.35. The first-order valence-electron chi connectivity index (χ1n) is 11.4. The SMILES string of the molecule is C/C(=C\C=C\C(C)(O)c1cccs1)[C@H]1OC(=O)C[C@H](O)CC[C@@](C)(O)[C@@H](CC(=O)O)/C=C/[C@@H]1C. The third-order valence-electron chi connectivity index (χ3n) is 6.21. The molecule has 6 atom stereocenters. The van der Waals surface area contributed by atoms with Gasteiger partial charge in [0.15, 0.2) is 0 Å². The third kappa shape index (κ3) is 8.20. The van der Waals surface area contributed by atoms with Crippen molar-refractivity contribution in [2.24, 2.45) is 11.8 Å². The Hall–Kier alpha value is -2.26. The molecule has 2 rings (SSSR count). The second kappa shape index (κ2) is 11.9. The van der Waals surface area contributed by atoms with Crippen LogP contribution in [0.25, 0.3) is 0 Å². The molecule has 0 fully saturated rings. The standard InChI is InChI=1S/C26H36O7S/c1-17(7-5-12-26(4,32)21-8-6-14-34-21)24-18(2)9-10-19(15-22(28)29)25(3,31)13-11-20(27)16-23(30)33-24/h5-10,12,14,18-20,24,27,31-32H,11,13,15-16H2,1-4H3,(H,28,29)/b10-9+,12-5+,17-7+/t18-,19+,20+,24+,25+,26?/m0/s1. The summed E-state index contributed by atoms with van der Waals surface area (Å²) in [5.41, 5.74) is -1.77. The minimum absolute atomic E-state index is 0.141. The van der Waals surface area contributed by atoms with E-state index in [1.807, 2.05) is 24.4 Å². The van der Waals surface area contributed by atoms with E-state index in [1.54, 1.807) is 51.2 Å². The number of carboxylic acids is 1. The van der Waals surface area contributed by atoms with Crippen molar-refractivity contribution < 1.29 is 34.8 Å². The number of hydrogen-bond donors (Lipinski definition) is 4. The summed E-state index contributed by atoms with van der Waals surface area (Å²) in [6, 6.07) is 3.71. The summed E-state index contributed by atoms with van der Waals surface area (Å²) in [5, 5.41) is 43.1. The van der Waals surface area contributed by atoms with Gasteiger partial charge in [-0.05, 0) is 56.7 Å². The van der Waals surface area contributed by atoms with Crippen LogP contribution in [-0.4, -0.2) is 50.2 Å². The maximum Gasteiger partial charge on any atom is 0.309 e. The van der Waals surface area contributed by atoms with Crippen LogP contribution < -0.4 is 0 Å². The second-order valence-corrected chi connectivity index (χ2v) is 10.5. The topological polar surface area (TPSA) is 124 Å². The summed E-state index contributed by atoms with van der Waals surface area (Å²) in [6.45, 7) is 6.89. The summed E-state index contributed by atoms with van der Waals surface area (Å²) in [5.74, 6) is -2.57. The number of aliphatic hydroxyl groups excluding tert-OH is 1. The number of cyclic esters (lactones) is 1. The molecule has 0 aliphatic carbocycles. The van der Waals surface area contributed by atoms with Crippen LogP contribution in [-0.2, 0) is 19.9 Å². The Bertz CT molecular complexity index is 912. The maximum absolute atomic E-state index is 12.5. The molecule has 4 N–H and O–H groups in total. The molecular weight excluding hydrogens is 456 g/mol. The molecule has 0 radical (unpaired) electrons. The molecule has 0 spiro atoms. The lowest BCUT2D eigenvalue weighted by molar-refractivity contribution is -0.151. The van der Waals surface area contributed by atoms with E-state index in [0.29, 0.717) is 0 Å². The van der Waals surface area contributed by atoms with Crippen molar-refractivity contribution in [2.75, 3.05) is 0 Å². The van der Waals surface area contributed by atoms with Crippen molar-refractivity contribution in [1.82, 2.24) is 0 Å². The van der Waals surface area contributed by atoms with Crippen LogP contribution in [0.2, 0.25) is 0 Å². The molecular formula is C26H36O7S. The van der Waals surface area contributed by atoms with Crippen LogP contribution in [0.5, 0.6) is 0 Å². The fourth-order valence-electron chi connectivity index (χ4n) is 3.97. The Morgan fingerprint density at radius 2 is 2.09 bits per heavy atom. The molecule has 8 heteroatoms. The van der Waals surface area contributed by atoms with Gasteiger partial charge in [0.1, 0.15) is 11.7 Å².